The van der Waals surface area contributed by atoms with Crippen LogP contribution in [0.4, 0.5) is 0 Å². The van der Waals surface area contributed by atoms with Gasteiger partial charge >= 0.3 is 0 Å². The standard InChI is InChI=1S/C11H21N5/c1-9(11-13-8-14-15-11)12-7-10-3-5-16(2)6-4-10/h8-10,12H,3-7H2,1-2H3,(H,13,14,15). The van der Waals surface area contributed by atoms with Crippen molar-refractivity contribution < 1.29 is 0 Å². The zero-order chi connectivity index (χ0) is 11.4. The fourth-order valence-corrected chi connectivity index (χ4v) is 2.13. The van der Waals surface area contributed by atoms with Crippen LogP contribution in [-0.4, -0.2) is 46.8 Å². The summed E-state index contributed by atoms with van der Waals surface area (Å²) < 4.78 is 0. The van der Waals surface area contributed by atoms with Crippen LogP contribution in [0.2, 0.25) is 0 Å². The predicted octanol–water partition coefficient (Wildman–Crippen LogP) is 0.797. The Kier molecular flexibility index (Phi) is 3.90. The minimum absolute atomic E-state index is 0.266. The highest BCUT2D eigenvalue weighted by Crippen LogP contribution is 2.16. The molecule has 0 bridgehead atoms. The van der Waals surface area contributed by atoms with Gasteiger partial charge in [-0.2, -0.15) is 5.10 Å². The molecule has 1 aliphatic rings. The van der Waals surface area contributed by atoms with E-state index < -0.39 is 0 Å². The van der Waals surface area contributed by atoms with Gasteiger partial charge in [-0.15, -0.1) is 0 Å². The van der Waals surface area contributed by atoms with Gasteiger partial charge in [0.1, 0.15) is 12.2 Å². The van der Waals surface area contributed by atoms with Gasteiger partial charge in [-0.05, 0) is 52.4 Å². The van der Waals surface area contributed by atoms with Gasteiger partial charge in [0, 0.05) is 0 Å². The van der Waals surface area contributed by atoms with Gasteiger partial charge in [-0.25, -0.2) is 4.98 Å². The highest BCUT2D eigenvalue weighted by Gasteiger charge is 2.17. The second kappa shape index (κ2) is 5.41. The van der Waals surface area contributed by atoms with Crippen LogP contribution in [0.1, 0.15) is 31.6 Å². The summed E-state index contributed by atoms with van der Waals surface area (Å²) in [4.78, 5) is 6.55. The maximum atomic E-state index is 4.15. The van der Waals surface area contributed by atoms with Gasteiger partial charge in [0.25, 0.3) is 0 Å². The number of aromatic amines is 1. The van der Waals surface area contributed by atoms with E-state index in [1.54, 1.807) is 6.33 Å². The second-order valence-corrected chi connectivity index (χ2v) is 4.75. The third-order valence-corrected chi connectivity index (χ3v) is 3.39. The van der Waals surface area contributed by atoms with Gasteiger partial charge in [-0.1, -0.05) is 0 Å². The van der Waals surface area contributed by atoms with E-state index in [1.807, 2.05) is 0 Å². The molecule has 5 heteroatoms. The first-order valence-corrected chi connectivity index (χ1v) is 6.03. The van der Waals surface area contributed by atoms with Crippen molar-refractivity contribution in [3.63, 3.8) is 0 Å². The zero-order valence-corrected chi connectivity index (χ0v) is 10.1. The Bertz CT molecular complexity index is 289. The lowest BCUT2D eigenvalue weighted by molar-refractivity contribution is 0.213. The smallest absolute Gasteiger partial charge is 0.141 e. The molecule has 2 heterocycles. The molecule has 5 nitrogen and oxygen atoms in total. The van der Waals surface area contributed by atoms with Crippen molar-refractivity contribution in [1.82, 2.24) is 25.4 Å². The Labute approximate surface area is 96.6 Å². The van der Waals surface area contributed by atoms with Gasteiger partial charge in [0.15, 0.2) is 0 Å². The third kappa shape index (κ3) is 3.02. The summed E-state index contributed by atoms with van der Waals surface area (Å²) in [6, 6.07) is 0.266. The summed E-state index contributed by atoms with van der Waals surface area (Å²) in [5.74, 6) is 1.73. The summed E-state index contributed by atoms with van der Waals surface area (Å²) in [5, 5.41) is 10.3. The molecule has 0 radical (unpaired) electrons. The van der Waals surface area contributed by atoms with E-state index in [4.69, 9.17) is 0 Å². The van der Waals surface area contributed by atoms with Crippen LogP contribution in [0.3, 0.4) is 0 Å². The highest BCUT2D eigenvalue weighted by molar-refractivity contribution is 4.89. The van der Waals surface area contributed by atoms with Gasteiger partial charge in [0.2, 0.25) is 0 Å². The van der Waals surface area contributed by atoms with Crippen LogP contribution in [0.15, 0.2) is 6.33 Å². The van der Waals surface area contributed by atoms with E-state index in [1.165, 1.54) is 25.9 Å². The number of likely N-dealkylation sites (tertiary alicyclic amines) is 1. The summed E-state index contributed by atoms with van der Waals surface area (Å²) in [6.45, 7) is 5.65. The molecule has 2 rings (SSSR count). The Balaban J connectivity index is 1.71. The van der Waals surface area contributed by atoms with Crippen LogP contribution < -0.4 is 5.32 Å². The lowest BCUT2D eigenvalue weighted by Crippen LogP contribution is -2.35. The summed E-state index contributed by atoms with van der Waals surface area (Å²) in [7, 11) is 2.20. The minimum atomic E-state index is 0.266. The van der Waals surface area contributed by atoms with Crippen LogP contribution in [0.5, 0.6) is 0 Å². The molecule has 2 N–H and O–H groups in total. The van der Waals surface area contributed by atoms with Crippen LogP contribution in [-0.2, 0) is 0 Å². The van der Waals surface area contributed by atoms with Crippen molar-refractivity contribution in [3.8, 4) is 0 Å². The number of aromatic nitrogens is 3. The maximum Gasteiger partial charge on any atom is 0.141 e. The highest BCUT2D eigenvalue weighted by atomic mass is 15.2. The fraction of sp³-hybridized carbons (Fsp3) is 0.818. The van der Waals surface area contributed by atoms with E-state index in [0.29, 0.717) is 0 Å². The molecule has 1 saturated heterocycles. The average molecular weight is 223 g/mol. The topological polar surface area (TPSA) is 56.8 Å². The van der Waals surface area contributed by atoms with Gasteiger partial charge < -0.3 is 10.2 Å². The molecular formula is C11H21N5. The molecule has 0 aromatic carbocycles. The van der Waals surface area contributed by atoms with E-state index in [2.05, 4.69) is 39.4 Å². The molecule has 90 valence electrons. The molecule has 1 aromatic rings. The van der Waals surface area contributed by atoms with E-state index in [9.17, 15) is 0 Å². The van der Waals surface area contributed by atoms with Crippen molar-refractivity contribution in [3.05, 3.63) is 12.2 Å². The lowest BCUT2D eigenvalue weighted by Gasteiger charge is -2.29. The fourth-order valence-electron chi connectivity index (χ4n) is 2.13. The number of hydrogen-bond donors (Lipinski definition) is 2. The molecule has 1 aromatic heterocycles. The molecule has 1 aliphatic heterocycles. The predicted molar refractivity (Wildman–Crippen MR) is 63.0 cm³/mol. The van der Waals surface area contributed by atoms with E-state index >= 15 is 0 Å². The van der Waals surface area contributed by atoms with Crippen LogP contribution in [0, 0.1) is 5.92 Å². The monoisotopic (exact) mass is 223 g/mol. The minimum Gasteiger partial charge on any atom is -0.307 e. The number of nitrogens with one attached hydrogen (secondary N) is 2. The number of hydrogen-bond acceptors (Lipinski definition) is 4. The molecule has 0 amide bonds. The van der Waals surface area contributed by atoms with Crippen molar-refractivity contribution in [2.45, 2.75) is 25.8 Å². The maximum absolute atomic E-state index is 4.15. The quantitative estimate of drug-likeness (QED) is 0.792. The SMILES string of the molecule is CC(NCC1CCN(C)CC1)c1ncn[nH]1. The number of rotatable bonds is 4. The Morgan fingerprint density at radius 3 is 2.94 bits per heavy atom. The number of nitrogens with zero attached hydrogens (tertiary/aromatic N) is 3. The van der Waals surface area contributed by atoms with Gasteiger partial charge in [-0.3, -0.25) is 5.10 Å². The summed E-state index contributed by atoms with van der Waals surface area (Å²) >= 11 is 0. The number of piperidine rings is 1. The normalized spacial score (nSPS) is 21.1. The molecule has 1 fully saturated rings. The van der Waals surface area contributed by atoms with Gasteiger partial charge in [0.05, 0.1) is 6.04 Å². The third-order valence-electron chi connectivity index (χ3n) is 3.39. The van der Waals surface area contributed by atoms with Crippen molar-refractivity contribution >= 4 is 0 Å². The first-order valence-electron chi connectivity index (χ1n) is 6.03. The van der Waals surface area contributed by atoms with Crippen molar-refractivity contribution in [1.29, 1.82) is 0 Å². The van der Waals surface area contributed by atoms with Crippen molar-refractivity contribution in [2.24, 2.45) is 5.92 Å². The zero-order valence-electron chi connectivity index (χ0n) is 10.1. The Morgan fingerprint density at radius 1 is 1.56 bits per heavy atom. The molecule has 0 aliphatic carbocycles. The van der Waals surface area contributed by atoms with Crippen LogP contribution in [0.25, 0.3) is 0 Å². The summed E-state index contributed by atoms with van der Waals surface area (Å²) in [6.07, 6.45) is 4.16. The molecule has 16 heavy (non-hydrogen) atoms. The first-order chi connectivity index (χ1) is 7.75. The molecule has 0 spiro atoms. The average Bonchev–Trinajstić information content (AvgIpc) is 2.81. The summed E-state index contributed by atoms with van der Waals surface area (Å²) in [5.41, 5.74) is 0. The molecule has 1 atom stereocenters. The number of H-pyrrole nitrogens is 1. The van der Waals surface area contributed by atoms with E-state index in [-0.39, 0.29) is 6.04 Å². The van der Waals surface area contributed by atoms with E-state index in [0.717, 1.165) is 18.3 Å². The lowest BCUT2D eigenvalue weighted by atomic mass is 9.97. The Morgan fingerprint density at radius 2 is 2.31 bits per heavy atom. The second-order valence-electron chi connectivity index (χ2n) is 4.75. The largest absolute Gasteiger partial charge is 0.307 e. The molecular weight excluding hydrogens is 202 g/mol. The van der Waals surface area contributed by atoms with Crippen LogP contribution >= 0.6 is 0 Å². The first kappa shape index (κ1) is 11.5. The van der Waals surface area contributed by atoms with Crippen molar-refractivity contribution in [2.75, 3.05) is 26.7 Å². The molecule has 0 saturated carbocycles. The molecule has 1 unspecified atom stereocenters. The Hall–Kier alpha value is -0.940.